The number of halogens is 2. The maximum Gasteiger partial charge on any atom is 0.329 e. The number of aryl methyl sites for hydroxylation is 2. The van der Waals surface area contributed by atoms with Gasteiger partial charge in [-0.2, -0.15) is 0 Å². The summed E-state index contributed by atoms with van der Waals surface area (Å²) in [5.41, 5.74) is 1.18. The van der Waals surface area contributed by atoms with E-state index in [0.29, 0.717) is 21.4 Å². The van der Waals surface area contributed by atoms with Gasteiger partial charge in [-0.25, -0.2) is 9.18 Å². The number of anilines is 2. The Morgan fingerprint density at radius 3 is 2.50 bits per heavy atom. The van der Waals surface area contributed by atoms with E-state index < -0.39 is 17.7 Å². The SMILES string of the molecule is Cc1ccc(N2C(=O)Nc3ccc(Br)cc3C2(O)C(=O)NCc2ccc(F)cc2)cc1C. The summed E-state index contributed by atoms with van der Waals surface area (Å²) in [6.07, 6.45) is 0. The molecule has 0 bridgehead atoms. The van der Waals surface area contributed by atoms with Crippen molar-refractivity contribution in [2.45, 2.75) is 26.1 Å². The second kappa shape index (κ2) is 8.37. The van der Waals surface area contributed by atoms with E-state index in [1.165, 1.54) is 12.1 Å². The zero-order valence-electron chi connectivity index (χ0n) is 17.4. The fourth-order valence-electron chi connectivity index (χ4n) is 3.65. The minimum atomic E-state index is -2.32. The third kappa shape index (κ3) is 3.87. The fourth-order valence-corrected chi connectivity index (χ4v) is 4.01. The number of amides is 3. The molecule has 3 amide bonds. The Balaban J connectivity index is 1.79. The van der Waals surface area contributed by atoms with Crippen LogP contribution in [-0.2, 0) is 17.1 Å². The van der Waals surface area contributed by atoms with Crippen molar-refractivity contribution in [2.75, 3.05) is 10.2 Å². The zero-order chi connectivity index (χ0) is 23.0. The van der Waals surface area contributed by atoms with Crippen molar-refractivity contribution in [2.24, 2.45) is 0 Å². The van der Waals surface area contributed by atoms with Crippen molar-refractivity contribution < 1.29 is 19.1 Å². The molecule has 0 fully saturated rings. The molecule has 0 aliphatic carbocycles. The molecule has 4 rings (SSSR count). The van der Waals surface area contributed by atoms with Crippen LogP contribution in [0.15, 0.2) is 65.1 Å². The molecule has 0 radical (unpaired) electrons. The zero-order valence-corrected chi connectivity index (χ0v) is 19.0. The minimum absolute atomic E-state index is 0.0488. The molecule has 1 aliphatic heterocycles. The number of nitrogens with one attached hydrogen (secondary N) is 2. The number of nitrogens with zero attached hydrogens (tertiary/aromatic N) is 1. The molecule has 32 heavy (non-hydrogen) atoms. The Hall–Kier alpha value is -3.23. The van der Waals surface area contributed by atoms with E-state index in [1.807, 2.05) is 19.9 Å². The highest BCUT2D eigenvalue weighted by molar-refractivity contribution is 9.10. The first kappa shape index (κ1) is 22.0. The smallest absolute Gasteiger partial charge is 0.329 e. The highest BCUT2D eigenvalue weighted by atomic mass is 79.9. The number of benzene rings is 3. The molecule has 0 saturated carbocycles. The second-order valence-corrected chi connectivity index (χ2v) is 8.62. The number of carbonyl (C=O) groups is 2. The van der Waals surface area contributed by atoms with Crippen molar-refractivity contribution >= 4 is 39.2 Å². The van der Waals surface area contributed by atoms with Gasteiger partial charge in [-0.1, -0.05) is 34.1 Å². The Morgan fingerprint density at radius 2 is 1.81 bits per heavy atom. The van der Waals surface area contributed by atoms with Gasteiger partial charge in [-0.15, -0.1) is 0 Å². The Morgan fingerprint density at radius 1 is 1.09 bits per heavy atom. The molecule has 8 heteroatoms. The third-order valence-corrected chi connectivity index (χ3v) is 6.05. The van der Waals surface area contributed by atoms with E-state index in [1.54, 1.807) is 42.5 Å². The lowest BCUT2D eigenvalue weighted by Gasteiger charge is -2.43. The molecule has 0 aromatic heterocycles. The van der Waals surface area contributed by atoms with E-state index in [0.717, 1.165) is 16.0 Å². The molecule has 1 unspecified atom stereocenters. The van der Waals surface area contributed by atoms with Crippen LogP contribution in [0.1, 0.15) is 22.3 Å². The quantitative estimate of drug-likeness (QED) is 0.487. The van der Waals surface area contributed by atoms with Crippen molar-refractivity contribution in [3.05, 3.63) is 93.2 Å². The van der Waals surface area contributed by atoms with E-state index in [9.17, 15) is 19.1 Å². The largest absolute Gasteiger partial charge is 0.359 e. The molecule has 1 aliphatic rings. The summed E-state index contributed by atoms with van der Waals surface area (Å²) in [6.45, 7) is 3.87. The van der Waals surface area contributed by atoms with Crippen LogP contribution < -0.4 is 15.5 Å². The van der Waals surface area contributed by atoms with Crippen molar-refractivity contribution in [1.29, 1.82) is 0 Å². The molecule has 164 valence electrons. The third-order valence-electron chi connectivity index (χ3n) is 5.56. The van der Waals surface area contributed by atoms with Crippen LogP contribution in [0.5, 0.6) is 0 Å². The van der Waals surface area contributed by atoms with Gasteiger partial charge < -0.3 is 15.7 Å². The second-order valence-electron chi connectivity index (χ2n) is 7.71. The summed E-state index contributed by atoms with van der Waals surface area (Å²) in [5.74, 6) is -1.17. The van der Waals surface area contributed by atoms with Gasteiger partial charge in [-0.3, -0.25) is 9.69 Å². The van der Waals surface area contributed by atoms with E-state index in [4.69, 9.17) is 0 Å². The lowest BCUT2D eigenvalue weighted by Crippen LogP contribution is -2.62. The molecule has 0 spiro atoms. The van der Waals surface area contributed by atoms with Gasteiger partial charge in [0.05, 0.1) is 5.69 Å². The number of fused-ring (bicyclic) bond motifs is 1. The topological polar surface area (TPSA) is 81.7 Å². The number of hydrogen-bond acceptors (Lipinski definition) is 3. The van der Waals surface area contributed by atoms with Crippen molar-refractivity contribution in [3.8, 4) is 0 Å². The normalized spacial score (nSPS) is 17.5. The Labute approximate surface area is 193 Å². The molecule has 6 nitrogen and oxygen atoms in total. The van der Waals surface area contributed by atoms with Crippen LogP contribution in [-0.4, -0.2) is 17.0 Å². The fraction of sp³-hybridized carbons (Fsp3) is 0.167. The average Bonchev–Trinajstić information content (AvgIpc) is 2.76. The monoisotopic (exact) mass is 497 g/mol. The highest BCUT2D eigenvalue weighted by Gasteiger charge is 2.52. The molecule has 0 saturated heterocycles. The number of aliphatic hydroxyl groups is 1. The molecule has 3 N–H and O–H groups in total. The molecule has 1 heterocycles. The first-order chi connectivity index (χ1) is 15.2. The van der Waals surface area contributed by atoms with Gasteiger partial charge in [0, 0.05) is 22.3 Å². The van der Waals surface area contributed by atoms with Gasteiger partial charge in [-0.05, 0) is 73.0 Å². The maximum absolute atomic E-state index is 13.4. The average molecular weight is 498 g/mol. The maximum atomic E-state index is 13.4. The van der Waals surface area contributed by atoms with E-state index >= 15 is 0 Å². The predicted molar refractivity (Wildman–Crippen MR) is 124 cm³/mol. The van der Waals surface area contributed by atoms with Gasteiger partial charge in [0.2, 0.25) is 0 Å². The number of hydrogen-bond donors (Lipinski definition) is 3. The molecular formula is C24H21BrFN3O3. The number of rotatable bonds is 4. The van der Waals surface area contributed by atoms with Crippen LogP contribution in [0.2, 0.25) is 0 Å². The summed E-state index contributed by atoms with van der Waals surface area (Å²) in [4.78, 5) is 27.6. The first-order valence-corrected chi connectivity index (χ1v) is 10.7. The summed E-state index contributed by atoms with van der Waals surface area (Å²) in [7, 11) is 0. The number of carbonyl (C=O) groups excluding carboxylic acids is 2. The first-order valence-electron chi connectivity index (χ1n) is 9.94. The summed E-state index contributed by atoms with van der Waals surface area (Å²) in [6, 6.07) is 15.2. The van der Waals surface area contributed by atoms with Crippen molar-refractivity contribution in [3.63, 3.8) is 0 Å². The number of urea groups is 1. The molecule has 3 aromatic rings. The molecule has 1 atom stereocenters. The lowest BCUT2D eigenvalue weighted by atomic mass is 9.94. The predicted octanol–water partition coefficient (Wildman–Crippen LogP) is 4.72. The van der Waals surface area contributed by atoms with Gasteiger partial charge in [0.1, 0.15) is 5.82 Å². The van der Waals surface area contributed by atoms with Crippen LogP contribution in [0.4, 0.5) is 20.6 Å². The van der Waals surface area contributed by atoms with Crippen molar-refractivity contribution in [1.82, 2.24) is 5.32 Å². The summed E-state index contributed by atoms with van der Waals surface area (Å²) >= 11 is 3.38. The van der Waals surface area contributed by atoms with Crippen LogP contribution >= 0.6 is 15.9 Å². The Kier molecular flexibility index (Phi) is 5.75. The van der Waals surface area contributed by atoms with Gasteiger partial charge in [0.25, 0.3) is 11.6 Å². The van der Waals surface area contributed by atoms with Crippen LogP contribution in [0.3, 0.4) is 0 Å². The van der Waals surface area contributed by atoms with Gasteiger partial charge >= 0.3 is 6.03 Å². The minimum Gasteiger partial charge on any atom is -0.359 e. The molecular weight excluding hydrogens is 477 g/mol. The summed E-state index contributed by atoms with van der Waals surface area (Å²) < 4.78 is 13.8. The van der Waals surface area contributed by atoms with Crippen LogP contribution in [0, 0.1) is 19.7 Å². The lowest BCUT2D eigenvalue weighted by molar-refractivity contribution is -0.140. The van der Waals surface area contributed by atoms with E-state index in [2.05, 4.69) is 26.6 Å². The summed E-state index contributed by atoms with van der Waals surface area (Å²) in [5, 5.41) is 17.3. The van der Waals surface area contributed by atoms with Gasteiger partial charge in [0.15, 0.2) is 0 Å². The standard InChI is InChI=1S/C24H21BrFN3O3/c1-14-3-9-19(11-15(14)2)29-23(31)28-21-10-6-17(25)12-20(21)24(29,32)22(30)27-13-16-4-7-18(26)8-5-16/h3-12,32H,13H2,1-2H3,(H,27,30)(H,28,31). The Bertz CT molecular complexity index is 1220. The van der Waals surface area contributed by atoms with E-state index in [-0.39, 0.29) is 17.9 Å². The van der Waals surface area contributed by atoms with Crippen LogP contribution in [0.25, 0.3) is 0 Å². The highest BCUT2D eigenvalue weighted by Crippen LogP contribution is 2.41. The molecule has 3 aromatic carbocycles.